The fourth-order valence-electron chi connectivity index (χ4n) is 1.99. The number of thiophene rings is 1. The minimum absolute atomic E-state index is 0.317. The highest BCUT2D eigenvalue weighted by atomic mass is 32.1. The predicted molar refractivity (Wildman–Crippen MR) is 63.8 cm³/mol. The lowest BCUT2D eigenvalue weighted by atomic mass is 10.1. The van der Waals surface area contributed by atoms with E-state index >= 15 is 0 Å². The summed E-state index contributed by atoms with van der Waals surface area (Å²) in [6.07, 6.45) is 5.06. The maximum atomic E-state index is 11.5. The Morgan fingerprint density at radius 1 is 1.18 bits per heavy atom. The molecule has 4 rings (SSSR count). The third kappa shape index (κ3) is 1.05. The van der Waals surface area contributed by atoms with Crippen molar-refractivity contribution >= 4 is 43.2 Å². The molecule has 4 heterocycles. The number of aromatic nitrogens is 2. The second-order valence-corrected chi connectivity index (χ2v) is 4.71. The van der Waals surface area contributed by atoms with Crippen molar-refractivity contribution in [1.82, 2.24) is 9.97 Å². The van der Waals surface area contributed by atoms with Crippen LogP contribution in [0.3, 0.4) is 0 Å². The van der Waals surface area contributed by atoms with Gasteiger partial charge >= 0.3 is 0 Å². The lowest BCUT2D eigenvalue weighted by molar-refractivity contribution is 0.100. The number of hydrogen-bond acceptors (Lipinski definition) is 5. The van der Waals surface area contributed by atoms with E-state index in [1.807, 2.05) is 6.07 Å². The summed E-state index contributed by atoms with van der Waals surface area (Å²) in [5.74, 6) is -0.317. The van der Waals surface area contributed by atoms with Crippen LogP contribution < -0.4 is 0 Å². The summed E-state index contributed by atoms with van der Waals surface area (Å²) in [5, 5.41) is 9.46. The maximum absolute atomic E-state index is 11.5. The number of carbonyl (C=O) groups is 1. The second kappa shape index (κ2) is 2.92. The molecule has 0 unspecified atom stereocenters. The molecule has 0 aliphatic carbocycles. The van der Waals surface area contributed by atoms with Gasteiger partial charge in [0.2, 0.25) is 0 Å². The molecule has 3 aromatic rings. The molecule has 1 aliphatic heterocycles. The Hall–Kier alpha value is -2.21. The molecule has 3 aromatic heterocycles. The molecule has 0 spiro atoms. The van der Waals surface area contributed by atoms with Gasteiger partial charge in [0, 0.05) is 29.4 Å². The van der Waals surface area contributed by atoms with Gasteiger partial charge in [-0.25, -0.2) is 4.98 Å². The smallest absolute Gasteiger partial charge is 0.265 e. The fraction of sp³-hybridized carbons (Fsp3) is 0. The van der Waals surface area contributed by atoms with Crippen molar-refractivity contribution in [2.45, 2.75) is 0 Å². The van der Waals surface area contributed by atoms with Crippen molar-refractivity contribution in [3.63, 3.8) is 0 Å². The Balaban J connectivity index is 2.30. The molecule has 0 radical (unpaired) electrons. The van der Waals surface area contributed by atoms with Gasteiger partial charge < -0.3 is 0 Å². The van der Waals surface area contributed by atoms with E-state index in [9.17, 15) is 4.79 Å². The molecule has 0 atom stereocenters. The summed E-state index contributed by atoms with van der Waals surface area (Å²) in [6, 6.07) is 1.91. The van der Waals surface area contributed by atoms with Gasteiger partial charge in [-0.3, -0.25) is 9.78 Å². The molecule has 0 aromatic carbocycles. The van der Waals surface area contributed by atoms with Crippen molar-refractivity contribution in [1.29, 1.82) is 0 Å². The number of carbonyl (C=O) groups excluding carboxylic acids is 1. The first-order chi connectivity index (χ1) is 8.34. The van der Waals surface area contributed by atoms with Crippen molar-refractivity contribution in [2.24, 2.45) is 10.2 Å². The lowest BCUT2D eigenvalue weighted by Gasteiger charge is -1.95. The molecule has 0 saturated heterocycles. The van der Waals surface area contributed by atoms with E-state index in [0.29, 0.717) is 11.3 Å². The normalized spacial score (nSPS) is 13.8. The SMILES string of the molecule is O=C1N=Nc2c1cnc1sc3cnccc3c21. The number of hydrogen-bond donors (Lipinski definition) is 0. The largest absolute Gasteiger partial charge is 0.299 e. The first-order valence-corrected chi connectivity index (χ1v) is 5.77. The molecule has 0 bridgehead atoms. The van der Waals surface area contributed by atoms with E-state index < -0.39 is 0 Å². The molecule has 1 aliphatic rings. The van der Waals surface area contributed by atoms with Crippen LogP contribution >= 0.6 is 11.3 Å². The Labute approximate surface area is 98.8 Å². The molecular formula is C11H4N4OS. The molecule has 80 valence electrons. The van der Waals surface area contributed by atoms with Crippen LogP contribution in [0.25, 0.3) is 20.3 Å². The van der Waals surface area contributed by atoms with Gasteiger partial charge in [0.05, 0.1) is 10.3 Å². The Morgan fingerprint density at radius 3 is 3.06 bits per heavy atom. The highest BCUT2D eigenvalue weighted by Crippen LogP contribution is 2.41. The van der Waals surface area contributed by atoms with Gasteiger partial charge in [-0.2, -0.15) is 0 Å². The quantitative estimate of drug-likeness (QED) is 0.606. The molecule has 1 amide bonds. The van der Waals surface area contributed by atoms with Crippen molar-refractivity contribution < 1.29 is 4.79 Å². The van der Waals surface area contributed by atoms with E-state index in [0.717, 1.165) is 20.3 Å². The van der Waals surface area contributed by atoms with Crippen LogP contribution in [0.15, 0.2) is 34.9 Å². The zero-order valence-corrected chi connectivity index (χ0v) is 9.23. The molecule has 0 fully saturated rings. The minimum atomic E-state index is -0.317. The van der Waals surface area contributed by atoms with Gasteiger partial charge in [0.15, 0.2) is 0 Å². The van der Waals surface area contributed by atoms with Crippen molar-refractivity contribution in [3.8, 4) is 0 Å². The van der Waals surface area contributed by atoms with Crippen LogP contribution in [0.2, 0.25) is 0 Å². The van der Waals surface area contributed by atoms with Crippen LogP contribution in [0.5, 0.6) is 0 Å². The molecule has 6 heteroatoms. The van der Waals surface area contributed by atoms with Crippen LogP contribution in [0, 0.1) is 0 Å². The number of nitrogens with zero attached hydrogens (tertiary/aromatic N) is 4. The average Bonchev–Trinajstić information content (AvgIpc) is 2.90. The summed E-state index contributed by atoms with van der Waals surface area (Å²) >= 11 is 1.54. The second-order valence-electron chi connectivity index (χ2n) is 3.68. The van der Waals surface area contributed by atoms with Crippen LogP contribution in [-0.4, -0.2) is 15.9 Å². The summed E-state index contributed by atoms with van der Waals surface area (Å²) in [6.45, 7) is 0. The molecular weight excluding hydrogens is 236 g/mol. The van der Waals surface area contributed by atoms with Gasteiger partial charge in [-0.15, -0.1) is 21.6 Å². The third-order valence-electron chi connectivity index (χ3n) is 2.75. The number of azo groups is 1. The Bertz CT molecular complexity index is 821. The van der Waals surface area contributed by atoms with Crippen molar-refractivity contribution in [2.75, 3.05) is 0 Å². The van der Waals surface area contributed by atoms with Crippen LogP contribution in [0.4, 0.5) is 5.69 Å². The Kier molecular flexibility index (Phi) is 1.53. The number of rotatable bonds is 0. The summed E-state index contributed by atoms with van der Waals surface area (Å²) in [5.41, 5.74) is 1.12. The predicted octanol–water partition coefficient (Wildman–Crippen LogP) is 3.08. The summed E-state index contributed by atoms with van der Waals surface area (Å²) in [7, 11) is 0. The minimum Gasteiger partial charge on any atom is -0.265 e. The third-order valence-corrected chi connectivity index (χ3v) is 3.80. The zero-order valence-electron chi connectivity index (χ0n) is 8.41. The molecule has 17 heavy (non-hydrogen) atoms. The molecule has 5 nitrogen and oxygen atoms in total. The highest BCUT2D eigenvalue weighted by molar-refractivity contribution is 7.25. The highest BCUT2D eigenvalue weighted by Gasteiger charge is 2.22. The van der Waals surface area contributed by atoms with Gasteiger partial charge in [0.1, 0.15) is 10.5 Å². The molecule has 0 saturated carbocycles. The first kappa shape index (κ1) is 8.89. The topological polar surface area (TPSA) is 67.6 Å². The summed E-state index contributed by atoms with van der Waals surface area (Å²) < 4.78 is 1.04. The standard InChI is InChI=1S/C11H4N4OS/c16-10-6-3-13-11-8(9(6)14-15-10)5-1-2-12-4-7(5)17-11/h1-4H. The lowest BCUT2D eigenvalue weighted by Crippen LogP contribution is -1.89. The van der Waals surface area contributed by atoms with E-state index in [-0.39, 0.29) is 5.91 Å². The Morgan fingerprint density at radius 2 is 2.12 bits per heavy atom. The van der Waals surface area contributed by atoms with Crippen molar-refractivity contribution in [3.05, 3.63) is 30.2 Å². The fourth-order valence-corrected chi connectivity index (χ4v) is 3.00. The van der Waals surface area contributed by atoms with Gasteiger partial charge in [-0.05, 0) is 6.07 Å². The first-order valence-electron chi connectivity index (χ1n) is 4.96. The summed E-state index contributed by atoms with van der Waals surface area (Å²) in [4.78, 5) is 20.7. The molecule has 0 N–H and O–H groups in total. The average molecular weight is 240 g/mol. The van der Waals surface area contributed by atoms with Gasteiger partial charge in [-0.1, -0.05) is 0 Å². The maximum Gasteiger partial charge on any atom is 0.299 e. The number of fused-ring (bicyclic) bond motifs is 5. The number of amides is 1. The van der Waals surface area contributed by atoms with Crippen LogP contribution in [-0.2, 0) is 0 Å². The van der Waals surface area contributed by atoms with E-state index in [2.05, 4.69) is 20.2 Å². The van der Waals surface area contributed by atoms with E-state index in [1.165, 1.54) is 0 Å². The van der Waals surface area contributed by atoms with E-state index in [4.69, 9.17) is 0 Å². The zero-order chi connectivity index (χ0) is 11.4. The van der Waals surface area contributed by atoms with Gasteiger partial charge in [0.25, 0.3) is 5.91 Å². The monoisotopic (exact) mass is 240 g/mol. The number of pyridine rings is 2. The van der Waals surface area contributed by atoms with E-state index in [1.54, 1.807) is 29.9 Å². The van der Waals surface area contributed by atoms with Crippen LogP contribution in [0.1, 0.15) is 10.4 Å².